The Morgan fingerprint density at radius 1 is 1.29 bits per heavy atom. The molecular weight excluding hydrogens is 351 g/mol. The number of nitrogens with one attached hydrogen (secondary N) is 1. The van der Waals surface area contributed by atoms with E-state index in [1.54, 1.807) is 36.4 Å². The zero-order chi connectivity index (χ0) is 17.3. The van der Waals surface area contributed by atoms with Crippen LogP contribution in [-0.2, 0) is 0 Å². The van der Waals surface area contributed by atoms with Crippen molar-refractivity contribution >= 4 is 45.2 Å². The van der Waals surface area contributed by atoms with E-state index >= 15 is 0 Å². The first-order chi connectivity index (χ1) is 11.5. The highest BCUT2D eigenvalue weighted by Gasteiger charge is 2.08. The summed E-state index contributed by atoms with van der Waals surface area (Å²) < 4.78 is 4.99. The topological polar surface area (TPSA) is 75.2 Å². The third-order valence-electron chi connectivity index (χ3n) is 3.39. The minimum absolute atomic E-state index is 0.0116. The number of rotatable bonds is 3. The summed E-state index contributed by atoms with van der Waals surface area (Å²) in [6, 6.07) is 9.65. The highest BCUT2D eigenvalue weighted by atomic mass is 35.5. The van der Waals surface area contributed by atoms with Crippen molar-refractivity contribution in [3.05, 3.63) is 63.2 Å². The number of ether oxygens (including phenoxy) is 1. The van der Waals surface area contributed by atoms with Crippen LogP contribution in [0.5, 0.6) is 11.5 Å². The van der Waals surface area contributed by atoms with Crippen LogP contribution in [0.25, 0.3) is 22.0 Å². The normalized spacial score (nSPS) is 11.7. The number of hydrogen-bond donors (Lipinski definition) is 2. The Kier molecular flexibility index (Phi) is 4.46. The lowest BCUT2D eigenvalue weighted by Crippen LogP contribution is -2.10. The Morgan fingerprint density at radius 3 is 2.79 bits per heavy atom. The molecule has 0 radical (unpaired) electrons. The number of hydrogen-bond acceptors (Lipinski definition) is 4. The highest BCUT2D eigenvalue weighted by molar-refractivity contribution is 6.50. The molecule has 0 amide bonds. The van der Waals surface area contributed by atoms with Crippen LogP contribution >= 0.6 is 23.2 Å². The van der Waals surface area contributed by atoms with Gasteiger partial charge in [0, 0.05) is 5.02 Å². The van der Waals surface area contributed by atoms with Gasteiger partial charge in [0.05, 0.1) is 23.0 Å². The van der Waals surface area contributed by atoms with Crippen molar-refractivity contribution in [1.29, 1.82) is 0 Å². The van der Waals surface area contributed by atoms with Gasteiger partial charge in [-0.15, -0.1) is 0 Å². The number of fused-ring (bicyclic) bond motifs is 1. The zero-order valence-corrected chi connectivity index (χ0v) is 14.0. The third kappa shape index (κ3) is 3.22. The van der Waals surface area contributed by atoms with Crippen molar-refractivity contribution < 1.29 is 9.84 Å². The summed E-state index contributed by atoms with van der Waals surface area (Å²) in [7, 11) is 1.46. The fourth-order valence-electron chi connectivity index (χ4n) is 2.24. The van der Waals surface area contributed by atoms with E-state index in [-0.39, 0.29) is 22.2 Å². The molecule has 3 rings (SSSR count). The van der Waals surface area contributed by atoms with Crippen LogP contribution in [0.4, 0.5) is 0 Å². The van der Waals surface area contributed by atoms with Crippen molar-refractivity contribution in [1.82, 2.24) is 9.97 Å². The number of benzene rings is 2. The second-order valence-corrected chi connectivity index (χ2v) is 5.84. The van der Waals surface area contributed by atoms with E-state index in [2.05, 4.69) is 9.97 Å². The van der Waals surface area contributed by atoms with Crippen LogP contribution in [0.3, 0.4) is 0 Å². The molecule has 24 heavy (non-hydrogen) atoms. The van der Waals surface area contributed by atoms with Crippen molar-refractivity contribution in [2.24, 2.45) is 0 Å². The average Bonchev–Trinajstić information content (AvgIpc) is 2.54. The van der Waals surface area contributed by atoms with Gasteiger partial charge < -0.3 is 14.8 Å². The summed E-state index contributed by atoms with van der Waals surface area (Å²) in [5.74, 6) is 0.560. The maximum absolute atomic E-state index is 12.1. The van der Waals surface area contributed by atoms with E-state index in [0.717, 1.165) is 0 Å². The number of nitrogens with zero attached hydrogens (tertiary/aromatic N) is 1. The fraction of sp³-hybridized carbons (Fsp3) is 0.0588. The van der Waals surface area contributed by atoms with E-state index in [0.29, 0.717) is 27.2 Å². The van der Waals surface area contributed by atoms with Gasteiger partial charge in [0.15, 0.2) is 17.3 Å². The lowest BCUT2D eigenvalue weighted by Gasteiger charge is -2.05. The van der Waals surface area contributed by atoms with E-state index < -0.39 is 0 Å². The molecule has 0 saturated carbocycles. The average molecular weight is 363 g/mol. The first kappa shape index (κ1) is 16.4. The summed E-state index contributed by atoms with van der Waals surface area (Å²) >= 11 is 12.2. The second-order valence-electron chi connectivity index (χ2n) is 5.00. The van der Waals surface area contributed by atoms with Gasteiger partial charge in [-0.1, -0.05) is 29.3 Å². The predicted octanol–water partition coefficient (Wildman–Crippen LogP) is 4.03. The Hall–Kier alpha value is -2.50. The molecule has 0 atom stereocenters. The molecule has 0 aliphatic carbocycles. The number of H-pyrrole nitrogens is 1. The molecule has 0 aliphatic rings. The van der Waals surface area contributed by atoms with Crippen LogP contribution in [0.2, 0.25) is 5.02 Å². The molecule has 0 fully saturated rings. The number of phenolic OH excluding ortho intramolecular Hbond substituents is 1. The Bertz CT molecular complexity index is 1010. The van der Waals surface area contributed by atoms with E-state index in [9.17, 15) is 9.90 Å². The first-order valence-electron chi connectivity index (χ1n) is 6.92. The summed E-state index contributed by atoms with van der Waals surface area (Å²) in [5.41, 5.74) is 0.772. The Morgan fingerprint density at radius 2 is 2.08 bits per heavy atom. The lowest BCUT2D eigenvalue weighted by atomic mass is 10.2. The van der Waals surface area contributed by atoms with Gasteiger partial charge in [0.2, 0.25) is 0 Å². The first-order valence-corrected chi connectivity index (χ1v) is 7.67. The van der Waals surface area contributed by atoms with Gasteiger partial charge in [-0.3, -0.25) is 4.79 Å². The minimum atomic E-state index is -0.309. The van der Waals surface area contributed by atoms with Crippen LogP contribution in [0.15, 0.2) is 41.2 Å². The molecule has 0 saturated heterocycles. The highest BCUT2D eigenvalue weighted by Crippen LogP contribution is 2.28. The monoisotopic (exact) mass is 362 g/mol. The SMILES string of the molecule is COc1ccc(C=C(Cl)c2nc3cc(Cl)ccc3c(=O)[nH]2)cc1O. The van der Waals surface area contributed by atoms with Gasteiger partial charge in [-0.2, -0.15) is 0 Å². The van der Waals surface area contributed by atoms with Crippen LogP contribution in [0.1, 0.15) is 11.4 Å². The van der Waals surface area contributed by atoms with Crippen LogP contribution in [0, 0.1) is 0 Å². The minimum Gasteiger partial charge on any atom is -0.504 e. The summed E-state index contributed by atoms with van der Waals surface area (Å²) in [5, 5.41) is 10.9. The van der Waals surface area contributed by atoms with Gasteiger partial charge in [0.1, 0.15) is 0 Å². The second kappa shape index (κ2) is 6.55. The van der Waals surface area contributed by atoms with Crippen LogP contribution in [-0.4, -0.2) is 22.2 Å². The molecule has 5 nitrogen and oxygen atoms in total. The van der Waals surface area contributed by atoms with Gasteiger partial charge >= 0.3 is 0 Å². The van der Waals surface area contributed by atoms with Crippen molar-refractivity contribution in [2.75, 3.05) is 7.11 Å². The number of aromatic hydroxyl groups is 1. The predicted molar refractivity (Wildman–Crippen MR) is 95.8 cm³/mol. The molecule has 0 aliphatic heterocycles. The molecule has 2 aromatic carbocycles. The number of aromatic amines is 1. The van der Waals surface area contributed by atoms with E-state index in [1.807, 2.05) is 0 Å². The molecule has 0 unspecified atom stereocenters. The van der Waals surface area contributed by atoms with E-state index in [4.69, 9.17) is 27.9 Å². The quantitative estimate of drug-likeness (QED) is 0.737. The molecule has 2 N–H and O–H groups in total. The van der Waals surface area contributed by atoms with Gasteiger partial charge in [-0.05, 0) is 42.0 Å². The lowest BCUT2D eigenvalue weighted by molar-refractivity contribution is 0.373. The maximum Gasteiger partial charge on any atom is 0.259 e. The van der Waals surface area contributed by atoms with Crippen molar-refractivity contribution in [3.63, 3.8) is 0 Å². The molecule has 0 bridgehead atoms. The van der Waals surface area contributed by atoms with Gasteiger partial charge in [-0.25, -0.2) is 4.98 Å². The molecule has 122 valence electrons. The Labute approximate surface area is 147 Å². The smallest absolute Gasteiger partial charge is 0.259 e. The van der Waals surface area contributed by atoms with Crippen molar-refractivity contribution in [2.45, 2.75) is 0 Å². The summed E-state index contributed by atoms with van der Waals surface area (Å²) in [6.07, 6.45) is 1.58. The Balaban J connectivity index is 2.06. The summed E-state index contributed by atoms with van der Waals surface area (Å²) in [6.45, 7) is 0. The fourth-order valence-corrected chi connectivity index (χ4v) is 2.62. The number of phenols is 1. The zero-order valence-electron chi connectivity index (χ0n) is 12.5. The molecule has 0 spiro atoms. The van der Waals surface area contributed by atoms with Crippen molar-refractivity contribution in [3.8, 4) is 11.5 Å². The van der Waals surface area contributed by atoms with E-state index in [1.165, 1.54) is 13.2 Å². The van der Waals surface area contributed by atoms with Crippen LogP contribution < -0.4 is 10.3 Å². The third-order valence-corrected chi connectivity index (χ3v) is 3.91. The molecule has 1 aromatic heterocycles. The summed E-state index contributed by atoms with van der Waals surface area (Å²) in [4.78, 5) is 19.1. The van der Waals surface area contributed by atoms with Gasteiger partial charge in [0.25, 0.3) is 5.56 Å². The molecule has 7 heteroatoms. The molecular formula is C17H12Cl2N2O3. The number of methoxy groups -OCH3 is 1. The molecule has 3 aromatic rings. The molecule has 1 heterocycles. The standard InChI is InChI=1S/C17H12Cl2N2O3/c1-24-15-5-2-9(7-14(15)22)6-12(19)16-20-13-8-10(18)3-4-11(13)17(23)21-16/h2-8,22H,1H3,(H,20,21,23). The largest absolute Gasteiger partial charge is 0.504 e. The maximum atomic E-state index is 12.1. The number of aromatic nitrogens is 2. The number of halogens is 2.